The first-order valence-electron chi connectivity index (χ1n) is 6.18. The minimum atomic E-state index is 0.543. The van der Waals surface area contributed by atoms with Gasteiger partial charge in [-0.05, 0) is 59.0 Å². The van der Waals surface area contributed by atoms with E-state index in [0.717, 1.165) is 29.0 Å². The number of hydrogen-bond acceptors (Lipinski definition) is 1. The van der Waals surface area contributed by atoms with Crippen molar-refractivity contribution in [2.24, 2.45) is 0 Å². The molecule has 0 saturated carbocycles. The van der Waals surface area contributed by atoms with Gasteiger partial charge in [0.2, 0.25) is 0 Å². The third kappa shape index (κ3) is 2.67. The SMILES string of the molecule is ClCCc1nc2ccc(Cl)cc2n1-c1cccc(I)c1. The Bertz CT molecular complexity index is 768. The number of alkyl halides is 1. The second-order valence-electron chi connectivity index (χ2n) is 4.42. The van der Waals surface area contributed by atoms with Crippen LogP contribution in [0.1, 0.15) is 5.82 Å². The molecule has 0 aliphatic rings. The van der Waals surface area contributed by atoms with Crippen LogP contribution in [0.5, 0.6) is 0 Å². The molecule has 0 fully saturated rings. The highest BCUT2D eigenvalue weighted by atomic mass is 127. The molecule has 5 heteroatoms. The zero-order valence-corrected chi connectivity index (χ0v) is 14.2. The van der Waals surface area contributed by atoms with Crippen molar-refractivity contribution in [2.75, 3.05) is 5.88 Å². The standard InChI is InChI=1S/C15H11Cl2IN2/c16-7-6-15-19-13-5-4-10(17)8-14(13)20(15)12-3-1-2-11(18)9-12/h1-5,8-9H,6-7H2. The van der Waals surface area contributed by atoms with Gasteiger partial charge in [0, 0.05) is 26.6 Å². The van der Waals surface area contributed by atoms with E-state index in [9.17, 15) is 0 Å². The highest BCUT2D eigenvalue weighted by Crippen LogP contribution is 2.25. The van der Waals surface area contributed by atoms with Crippen molar-refractivity contribution < 1.29 is 0 Å². The zero-order valence-electron chi connectivity index (χ0n) is 10.5. The molecule has 1 heterocycles. The number of hydrogen-bond donors (Lipinski definition) is 0. The number of aromatic nitrogens is 2. The van der Waals surface area contributed by atoms with Gasteiger partial charge in [-0.15, -0.1) is 11.6 Å². The van der Waals surface area contributed by atoms with Crippen LogP contribution in [0.4, 0.5) is 0 Å². The molecule has 0 N–H and O–H groups in total. The summed E-state index contributed by atoms with van der Waals surface area (Å²) < 4.78 is 3.31. The number of rotatable bonds is 3. The van der Waals surface area contributed by atoms with E-state index in [-0.39, 0.29) is 0 Å². The van der Waals surface area contributed by atoms with Crippen LogP contribution in [0.3, 0.4) is 0 Å². The van der Waals surface area contributed by atoms with Gasteiger partial charge in [-0.3, -0.25) is 4.57 Å². The molecule has 2 nitrogen and oxygen atoms in total. The molecule has 0 aliphatic carbocycles. The summed E-state index contributed by atoms with van der Waals surface area (Å²) in [4.78, 5) is 4.67. The van der Waals surface area contributed by atoms with Gasteiger partial charge < -0.3 is 0 Å². The van der Waals surface area contributed by atoms with E-state index < -0.39 is 0 Å². The van der Waals surface area contributed by atoms with Gasteiger partial charge in [-0.25, -0.2) is 4.98 Å². The molecule has 0 saturated heterocycles. The fraction of sp³-hybridized carbons (Fsp3) is 0.133. The normalized spacial score (nSPS) is 11.2. The van der Waals surface area contributed by atoms with Crippen LogP contribution in [-0.4, -0.2) is 15.4 Å². The summed E-state index contributed by atoms with van der Waals surface area (Å²) in [5.74, 6) is 1.50. The first-order chi connectivity index (χ1) is 9.69. The summed E-state index contributed by atoms with van der Waals surface area (Å²) in [6.07, 6.45) is 0.722. The Balaban J connectivity index is 2.30. The third-order valence-corrected chi connectivity index (χ3v) is 4.17. The second-order valence-corrected chi connectivity index (χ2v) is 6.48. The molecule has 0 atom stereocenters. The lowest BCUT2D eigenvalue weighted by molar-refractivity contribution is 0.912. The maximum Gasteiger partial charge on any atom is 0.115 e. The summed E-state index contributed by atoms with van der Waals surface area (Å²) in [5, 5.41) is 0.710. The molecule has 2 aromatic carbocycles. The van der Waals surface area contributed by atoms with Crippen molar-refractivity contribution in [3.05, 3.63) is 56.9 Å². The van der Waals surface area contributed by atoms with Crippen molar-refractivity contribution in [3.63, 3.8) is 0 Å². The van der Waals surface area contributed by atoms with E-state index in [2.05, 4.69) is 50.3 Å². The number of benzene rings is 2. The first-order valence-corrected chi connectivity index (χ1v) is 8.17. The van der Waals surface area contributed by atoms with E-state index in [1.165, 1.54) is 3.57 Å². The molecular formula is C15H11Cl2IN2. The minimum absolute atomic E-state index is 0.543. The predicted octanol–water partition coefficient (Wildman–Crippen LogP) is 5.06. The molecule has 3 rings (SSSR count). The first kappa shape index (κ1) is 14.2. The maximum absolute atomic E-state index is 6.13. The number of nitrogens with zero attached hydrogens (tertiary/aromatic N) is 2. The summed E-state index contributed by atoms with van der Waals surface area (Å²) in [5.41, 5.74) is 3.04. The predicted molar refractivity (Wildman–Crippen MR) is 93.2 cm³/mol. The minimum Gasteiger partial charge on any atom is -0.296 e. The fourth-order valence-corrected chi connectivity index (χ4v) is 3.12. The molecule has 0 radical (unpaired) electrons. The summed E-state index contributed by atoms with van der Waals surface area (Å²) in [6, 6.07) is 14.1. The van der Waals surface area contributed by atoms with Crippen molar-refractivity contribution >= 4 is 56.8 Å². The van der Waals surface area contributed by atoms with Crippen molar-refractivity contribution in [2.45, 2.75) is 6.42 Å². The number of imidazole rings is 1. The maximum atomic E-state index is 6.13. The lowest BCUT2D eigenvalue weighted by Crippen LogP contribution is -2.02. The number of fused-ring (bicyclic) bond motifs is 1. The molecule has 0 unspecified atom stereocenters. The van der Waals surface area contributed by atoms with Crippen LogP contribution in [-0.2, 0) is 6.42 Å². The molecule has 0 bridgehead atoms. The van der Waals surface area contributed by atoms with Crippen molar-refractivity contribution in [1.82, 2.24) is 9.55 Å². The largest absolute Gasteiger partial charge is 0.296 e. The van der Waals surface area contributed by atoms with E-state index in [1.54, 1.807) is 0 Å². The van der Waals surface area contributed by atoms with Gasteiger partial charge in [-0.1, -0.05) is 17.7 Å². The van der Waals surface area contributed by atoms with Gasteiger partial charge in [-0.2, -0.15) is 0 Å². The quantitative estimate of drug-likeness (QED) is 0.430. The molecular weight excluding hydrogens is 406 g/mol. The summed E-state index contributed by atoms with van der Waals surface area (Å²) in [6.45, 7) is 0. The summed E-state index contributed by atoms with van der Waals surface area (Å²) in [7, 11) is 0. The Hall–Kier alpha value is -0.780. The Morgan fingerprint density at radius 2 is 2.00 bits per heavy atom. The van der Waals surface area contributed by atoms with E-state index in [0.29, 0.717) is 10.9 Å². The smallest absolute Gasteiger partial charge is 0.115 e. The Labute approximate surface area is 140 Å². The Morgan fingerprint density at radius 1 is 1.15 bits per heavy atom. The van der Waals surface area contributed by atoms with Crippen LogP contribution < -0.4 is 0 Å². The fourth-order valence-electron chi connectivity index (χ4n) is 2.25. The highest BCUT2D eigenvalue weighted by Gasteiger charge is 2.12. The number of halogens is 3. The van der Waals surface area contributed by atoms with E-state index >= 15 is 0 Å². The number of aryl methyl sites for hydroxylation is 1. The van der Waals surface area contributed by atoms with Crippen LogP contribution in [0.2, 0.25) is 5.02 Å². The van der Waals surface area contributed by atoms with E-state index in [4.69, 9.17) is 23.2 Å². The summed E-state index contributed by atoms with van der Waals surface area (Å²) >= 11 is 14.3. The van der Waals surface area contributed by atoms with Crippen molar-refractivity contribution in [3.8, 4) is 5.69 Å². The lowest BCUT2D eigenvalue weighted by Gasteiger charge is -2.09. The van der Waals surface area contributed by atoms with Gasteiger partial charge in [0.05, 0.1) is 11.0 Å². The molecule has 1 aromatic heterocycles. The molecule has 0 amide bonds. The van der Waals surface area contributed by atoms with Gasteiger partial charge in [0.15, 0.2) is 0 Å². The Morgan fingerprint density at radius 3 is 2.75 bits per heavy atom. The molecule has 0 aliphatic heterocycles. The molecule has 20 heavy (non-hydrogen) atoms. The average Bonchev–Trinajstić information content (AvgIpc) is 2.76. The third-order valence-electron chi connectivity index (χ3n) is 3.07. The lowest BCUT2D eigenvalue weighted by atomic mass is 10.2. The van der Waals surface area contributed by atoms with E-state index in [1.807, 2.05) is 24.3 Å². The van der Waals surface area contributed by atoms with Gasteiger partial charge >= 0.3 is 0 Å². The van der Waals surface area contributed by atoms with Crippen molar-refractivity contribution in [1.29, 1.82) is 0 Å². The monoisotopic (exact) mass is 416 g/mol. The van der Waals surface area contributed by atoms with Crippen LogP contribution in [0.25, 0.3) is 16.7 Å². The Kier molecular flexibility index (Phi) is 4.19. The topological polar surface area (TPSA) is 17.8 Å². The molecule has 0 spiro atoms. The van der Waals surface area contributed by atoms with Crippen LogP contribution in [0.15, 0.2) is 42.5 Å². The van der Waals surface area contributed by atoms with Crippen LogP contribution in [0, 0.1) is 3.57 Å². The molecule has 3 aromatic rings. The zero-order chi connectivity index (χ0) is 14.1. The van der Waals surface area contributed by atoms with Gasteiger partial charge in [0.1, 0.15) is 5.82 Å². The second kappa shape index (κ2) is 5.92. The highest BCUT2D eigenvalue weighted by molar-refractivity contribution is 14.1. The average molecular weight is 417 g/mol. The van der Waals surface area contributed by atoms with Crippen LogP contribution >= 0.6 is 45.8 Å². The molecule has 102 valence electrons. The van der Waals surface area contributed by atoms with Gasteiger partial charge in [0.25, 0.3) is 0 Å².